The van der Waals surface area contributed by atoms with E-state index in [0.29, 0.717) is 6.42 Å². The molecular weight excluding hydrogens is 174 g/mol. The van der Waals surface area contributed by atoms with Gasteiger partial charge in [0.15, 0.2) is 0 Å². The Morgan fingerprint density at radius 3 is 2.38 bits per heavy atom. The number of nitrogens with one attached hydrogen (secondary N) is 1. The maximum absolute atomic E-state index is 11.3. The molecule has 0 rings (SSSR count). The highest BCUT2D eigenvalue weighted by molar-refractivity contribution is 5.87. The predicted molar refractivity (Wildman–Crippen MR) is 46.4 cm³/mol. The molecule has 0 fully saturated rings. The Balaban J connectivity index is 4.15. The number of carboxylic acid groups (broad SMARTS) is 1. The van der Waals surface area contributed by atoms with Crippen LogP contribution >= 0.6 is 0 Å². The lowest BCUT2D eigenvalue weighted by Gasteiger charge is -2.24. The van der Waals surface area contributed by atoms with Crippen LogP contribution in [0.25, 0.3) is 0 Å². The summed E-state index contributed by atoms with van der Waals surface area (Å²) < 4.78 is 4.98. The largest absolute Gasteiger partial charge is 0.480 e. The first-order valence-corrected chi connectivity index (χ1v) is 4.01. The third-order valence-corrected chi connectivity index (χ3v) is 2.01. The van der Waals surface area contributed by atoms with Gasteiger partial charge in [0.25, 0.3) is 5.91 Å². The molecule has 76 valence electrons. The van der Waals surface area contributed by atoms with Crippen LogP contribution in [0.3, 0.4) is 0 Å². The highest BCUT2D eigenvalue weighted by Gasteiger charge is 2.30. The molecule has 1 unspecified atom stereocenters. The van der Waals surface area contributed by atoms with E-state index in [-0.39, 0.29) is 6.54 Å². The van der Waals surface area contributed by atoms with Gasteiger partial charge in [-0.2, -0.15) is 0 Å². The molecule has 5 heteroatoms. The van der Waals surface area contributed by atoms with Crippen LogP contribution < -0.4 is 5.32 Å². The summed E-state index contributed by atoms with van der Waals surface area (Å²) in [6, 6.07) is 0. The average Bonchev–Trinajstić information content (AvgIpc) is 2.12. The Bertz CT molecular complexity index is 198. The van der Waals surface area contributed by atoms with Crippen molar-refractivity contribution in [3.8, 4) is 0 Å². The Morgan fingerprint density at radius 1 is 1.54 bits per heavy atom. The second kappa shape index (κ2) is 4.81. The van der Waals surface area contributed by atoms with Crippen LogP contribution in [0.5, 0.6) is 0 Å². The first-order chi connectivity index (χ1) is 5.96. The molecule has 0 aromatic rings. The van der Waals surface area contributed by atoms with Crippen molar-refractivity contribution in [1.29, 1.82) is 0 Å². The van der Waals surface area contributed by atoms with E-state index >= 15 is 0 Å². The maximum atomic E-state index is 11.3. The molecule has 0 spiro atoms. The summed E-state index contributed by atoms with van der Waals surface area (Å²) in [6.07, 6.45) is 0.495. The fraction of sp³-hybridized carbons (Fsp3) is 0.750. The van der Waals surface area contributed by atoms with Gasteiger partial charge in [0.1, 0.15) is 12.1 Å². The fourth-order valence-corrected chi connectivity index (χ4v) is 0.740. The zero-order chi connectivity index (χ0) is 10.5. The Kier molecular flexibility index (Phi) is 4.40. The van der Waals surface area contributed by atoms with Gasteiger partial charge in [0, 0.05) is 7.11 Å². The second-order valence-corrected chi connectivity index (χ2v) is 2.86. The van der Waals surface area contributed by atoms with Crippen LogP contribution in [-0.2, 0) is 14.3 Å². The Hall–Kier alpha value is -1.10. The topological polar surface area (TPSA) is 75.6 Å². The number of methoxy groups -OCH3 is 1. The number of carbonyl (C=O) groups excluding carboxylic acids is 1. The van der Waals surface area contributed by atoms with Crippen molar-refractivity contribution in [2.24, 2.45) is 0 Å². The summed E-state index contributed by atoms with van der Waals surface area (Å²) in [7, 11) is 1.42. The monoisotopic (exact) mass is 189 g/mol. The van der Waals surface area contributed by atoms with E-state index < -0.39 is 17.5 Å². The molecule has 0 heterocycles. The minimum absolute atomic E-state index is 0.377. The number of aliphatic carboxylic acids is 1. The van der Waals surface area contributed by atoms with Crippen molar-refractivity contribution in [2.75, 3.05) is 13.7 Å². The normalized spacial score (nSPS) is 14.7. The van der Waals surface area contributed by atoms with E-state index in [0.717, 1.165) is 0 Å². The molecule has 0 aromatic carbocycles. The summed E-state index contributed by atoms with van der Waals surface area (Å²) in [5.74, 6) is -1.47. The Morgan fingerprint density at radius 2 is 2.08 bits per heavy atom. The van der Waals surface area contributed by atoms with Crippen molar-refractivity contribution in [1.82, 2.24) is 5.32 Å². The number of carbonyl (C=O) groups is 2. The van der Waals surface area contributed by atoms with Crippen LogP contribution in [0.4, 0.5) is 0 Å². The van der Waals surface area contributed by atoms with Gasteiger partial charge in [0.2, 0.25) is 0 Å². The highest BCUT2D eigenvalue weighted by Crippen LogP contribution is 2.13. The molecule has 0 bridgehead atoms. The van der Waals surface area contributed by atoms with Gasteiger partial charge < -0.3 is 15.2 Å². The van der Waals surface area contributed by atoms with E-state index in [1.807, 2.05) is 0 Å². The van der Waals surface area contributed by atoms with Crippen LogP contribution in [0, 0.1) is 0 Å². The van der Waals surface area contributed by atoms with Crippen molar-refractivity contribution in [3.05, 3.63) is 0 Å². The van der Waals surface area contributed by atoms with Gasteiger partial charge in [-0.25, -0.2) is 0 Å². The molecule has 13 heavy (non-hydrogen) atoms. The van der Waals surface area contributed by atoms with Gasteiger partial charge in [-0.05, 0) is 13.3 Å². The molecule has 0 saturated carbocycles. The first kappa shape index (κ1) is 11.9. The van der Waals surface area contributed by atoms with Crippen LogP contribution in [0.15, 0.2) is 0 Å². The molecule has 2 N–H and O–H groups in total. The molecule has 0 aliphatic rings. The number of hydrogen-bond donors (Lipinski definition) is 2. The standard InChI is InChI=1S/C8H15NO4/c1-4-8(2,13-3)7(12)9-5-6(10)11/h4-5H2,1-3H3,(H,9,12)(H,10,11). The Labute approximate surface area is 77.1 Å². The number of hydrogen-bond acceptors (Lipinski definition) is 3. The van der Waals surface area contributed by atoms with Crippen molar-refractivity contribution < 1.29 is 19.4 Å². The second-order valence-electron chi connectivity index (χ2n) is 2.86. The number of ether oxygens (including phenoxy) is 1. The molecule has 5 nitrogen and oxygen atoms in total. The van der Waals surface area contributed by atoms with Gasteiger partial charge in [-0.3, -0.25) is 9.59 Å². The zero-order valence-electron chi connectivity index (χ0n) is 8.09. The molecule has 1 atom stereocenters. The molecule has 0 aromatic heterocycles. The van der Waals surface area contributed by atoms with E-state index in [9.17, 15) is 9.59 Å². The van der Waals surface area contributed by atoms with Gasteiger partial charge in [0.05, 0.1) is 0 Å². The van der Waals surface area contributed by atoms with Crippen LogP contribution in [0.1, 0.15) is 20.3 Å². The smallest absolute Gasteiger partial charge is 0.322 e. The summed E-state index contributed by atoms with van der Waals surface area (Å²) in [4.78, 5) is 21.5. The third kappa shape index (κ3) is 3.42. The van der Waals surface area contributed by atoms with Crippen LogP contribution in [-0.4, -0.2) is 36.2 Å². The fourth-order valence-electron chi connectivity index (χ4n) is 0.740. The highest BCUT2D eigenvalue weighted by atomic mass is 16.5. The summed E-state index contributed by atoms with van der Waals surface area (Å²) >= 11 is 0. The molecule has 0 aliphatic carbocycles. The molecule has 0 saturated heterocycles. The minimum Gasteiger partial charge on any atom is -0.480 e. The van der Waals surface area contributed by atoms with Crippen molar-refractivity contribution in [2.45, 2.75) is 25.9 Å². The average molecular weight is 189 g/mol. The maximum Gasteiger partial charge on any atom is 0.322 e. The molecule has 1 amide bonds. The summed E-state index contributed by atoms with van der Waals surface area (Å²) in [5.41, 5.74) is -0.935. The third-order valence-electron chi connectivity index (χ3n) is 2.01. The summed E-state index contributed by atoms with van der Waals surface area (Å²) in [6.45, 7) is 3.03. The molecular formula is C8H15NO4. The predicted octanol–water partition coefficient (Wildman–Crippen LogP) is 0.00230. The lowest BCUT2D eigenvalue weighted by molar-refractivity contribution is -0.145. The first-order valence-electron chi connectivity index (χ1n) is 4.01. The van der Waals surface area contributed by atoms with Crippen LogP contribution in [0.2, 0.25) is 0 Å². The zero-order valence-corrected chi connectivity index (χ0v) is 8.09. The van der Waals surface area contributed by atoms with Gasteiger partial charge in [-0.15, -0.1) is 0 Å². The summed E-state index contributed by atoms with van der Waals surface area (Å²) in [5, 5.41) is 10.6. The van der Waals surface area contributed by atoms with E-state index in [1.165, 1.54) is 7.11 Å². The molecule has 0 aliphatic heterocycles. The SMILES string of the molecule is CCC(C)(OC)C(=O)NCC(=O)O. The van der Waals surface area contributed by atoms with Crippen molar-refractivity contribution in [3.63, 3.8) is 0 Å². The molecule has 0 radical (unpaired) electrons. The quantitative estimate of drug-likeness (QED) is 0.638. The van der Waals surface area contributed by atoms with Gasteiger partial charge in [-0.1, -0.05) is 6.92 Å². The number of amides is 1. The van der Waals surface area contributed by atoms with E-state index in [1.54, 1.807) is 13.8 Å². The number of carboxylic acids is 1. The lowest BCUT2D eigenvalue weighted by atomic mass is 10.0. The van der Waals surface area contributed by atoms with E-state index in [2.05, 4.69) is 5.32 Å². The lowest BCUT2D eigenvalue weighted by Crippen LogP contribution is -2.47. The van der Waals surface area contributed by atoms with E-state index in [4.69, 9.17) is 9.84 Å². The van der Waals surface area contributed by atoms with Crippen molar-refractivity contribution >= 4 is 11.9 Å². The van der Waals surface area contributed by atoms with Gasteiger partial charge >= 0.3 is 5.97 Å². The minimum atomic E-state index is -1.07. The number of rotatable bonds is 5.